The summed E-state index contributed by atoms with van der Waals surface area (Å²) >= 11 is 7.17. The number of hydrogen-bond acceptors (Lipinski definition) is 8. The summed E-state index contributed by atoms with van der Waals surface area (Å²) in [6, 6.07) is 10.7. The number of aryl methyl sites for hydroxylation is 2. The van der Waals surface area contributed by atoms with Crippen molar-refractivity contribution in [3.8, 4) is 5.75 Å². The summed E-state index contributed by atoms with van der Waals surface area (Å²) in [5.41, 5.74) is 1.85. The van der Waals surface area contributed by atoms with Gasteiger partial charge in [0.2, 0.25) is 0 Å². The summed E-state index contributed by atoms with van der Waals surface area (Å²) in [6.07, 6.45) is 0. The van der Waals surface area contributed by atoms with E-state index < -0.39 is 23.7 Å². The van der Waals surface area contributed by atoms with Crippen molar-refractivity contribution in [2.24, 2.45) is 0 Å². The minimum atomic E-state index is -1.02. The van der Waals surface area contributed by atoms with Crippen molar-refractivity contribution >= 4 is 51.5 Å². The molecule has 8 nitrogen and oxygen atoms in total. The normalized spacial score (nSPS) is 16.9. The van der Waals surface area contributed by atoms with Gasteiger partial charge in [-0.25, -0.2) is 9.78 Å². The Bertz CT molecular complexity index is 1410. The molecule has 0 bridgehead atoms. The standard InChI is InChI=1S/C26H23ClN2O6S/c1-5-35-18-10-9-16(11-13(18)2)21(30)19-20(15-7-6-8-17(27)12-15)29(24(32)22(19)31)26-28-14(3)23(36-26)25(33)34-4/h6-12,20,30H,5H2,1-4H3. The van der Waals surface area contributed by atoms with Crippen LogP contribution in [0.2, 0.25) is 5.02 Å². The van der Waals surface area contributed by atoms with Gasteiger partial charge in [0.15, 0.2) is 5.13 Å². The van der Waals surface area contributed by atoms with Crippen LogP contribution in [0.25, 0.3) is 5.76 Å². The third kappa shape index (κ3) is 4.47. The summed E-state index contributed by atoms with van der Waals surface area (Å²) in [6.45, 7) is 5.78. The summed E-state index contributed by atoms with van der Waals surface area (Å²) in [7, 11) is 1.25. The average Bonchev–Trinajstić information content (AvgIpc) is 3.36. The number of esters is 1. The molecule has 1 aliphatic rings. The predicted molar refractivity (Wildman–Crippen MR) is 137 cm³/mol. The van der Waals surface area contributed by atoms with Gasteiger partial charge in [-0.2, -0.15) is 0 Å². The average molecular weight is 527 g/mol. The third-order valence-corrected chi connectivity index (χ3v) is 7.09. The monoisotopic (exact) mass is 526 g/mol. The van der Waals surface area contributed by atoms with E-state index in [4.69, 9.17) is 21.1 Å². The first-order chi connectivity index (χ1) is 17.2. The Balaban J connectivity index is 1.92. The van der Waals surface area contributed by atoms with Gasteiger partial charge in [0, 0.05) is 10.6 Å². The smallest absolute Gasteiger partial charge is 0.350 e. The number of carbonyl (C=O) groups is 3. The van der Waals surface area contributed by atoms with Crippen molar-refractivity contribution in [1.29, 1.82) is 0 Å². The van der Waals surface area contributed by atoms with Crippen LogP contribution in [0.1, 0.15) is 45.0 Å². The van der Waals surface area contributed by atoms with Crippen molar-refractivity contribution < 1.29 is 29.0 Å². The van der Waals surface area contributed by atoms with Gasteiger partial charge in [-0.05, 0) is 62.2 Å². The predicted octanol–water partition coefficient (Wildman–Crippen LogP) is 5.22. The molecule has 3 aromatic rings. The maximum Gasteiger partial charge on any atom is 0.350 e. The van der Waals surface area contributed by atoms with Crippen LogP contribution in [0, 0.1) is 13.8 Å². The number of benzene rings is 2. The molecule has 36 heavy (non-hydrogen) atoms. The van der Waals surface area contributed by atoms with Gasteiger partial charge in [0.25, 0.3) is 5.78 Å². The fraction of sp³-hybridized carbons (Fsp3) is 0.231. The number of carbonyl (C=O) groups excluding carboxylic acids is 3. The third-order valence-electron chi connectivity index (χ3n) is 5.72. The molecule has 1 atom stereocenters. The number of aliphatic hydroxyl groups is 1. The van der Waals surface area contributed by atoms with Crippen LogP contribution >= 0.6 is 22.9 Å². The van der Waals surface area contributed by atoms with Crippen LogP contribution in [0.5, 0.6) is 5.75 Å². The molecule has 1 saturated heterocycles. The molecule has 0 saturated carbocycles. The van der Waals surface area contributed by atoms with E-state index in [1.807, 2.05) is 13.8 Å². The Labute approximate surface area is 216 Å². The number of amides is 1. The van der Waals surface area contributed by atoms with Gasteiger partial charge in [-0.1, -0.05) is 35.1 Å². The molecule has 2 aromatic carbocycles. The molecule has 186 valence electrons. The molecule has 0 spiro atoms. The minimum Gasteiger partial charge on any atom is -0.507 e. The first kappa shape index (κ1) is 25.4. The highest BCUT2D eigenvalue weighted by atomic mass is 35.5. The summed E-state index contributed by atoms with van der Waals surface area (Å²) in [5, 5.41) is 11.8. The van der Waals surface area contributed by atoms with E-state index in [1.54, 1.807) is 49.4 Å². The number of aliphatic hydroxyl groups excluding tert-OH is 1. The Kier molecular flexibility index (Phi) is 7.14. The largest absolute Gasteiger partial charge is 0.507 e. The van der Waals surface area contributed by atoms with E-state index >= 15 is 0 Å². The number of nitrogens with zero attached hydrogens (tertiary/aromatic N) is 2. The number of halogens is 1. The molecule has 1 fully saturated rings. The Hall–Kier alpha value is -3.69. The zero-order chi connectivity index (χ0) is 26.1. The SMILES string of the molecule is CCOc1ccc(C(O)=C2C(=O)C(=O)N(c3nc(C)c(C(=O)OC)s3)C2c2cccc(Cl)c2)cc1C. The van der Waals surface area contributed by atoms with Gasteiger partial charge in [0.1, 0.15) is 16.4 Å². The summed E-state index contributed by atoms with van der Waals surface area (Å²) in [5.74, 6) is -2.05. The zero-order valence-corrected chi connectivity index (χ0v) is 21.6. The first-order valence-electron chi connectivity index (χ1n) is 11.0. The van der Waals surface area contributed by atoms with Crippen molar-refractivity contribution in [3.05, 3.63) is 80.3 Å². The molecule has 0 aliphatic carbocycles. The van der Waals surface area contributed by atoms with Gasteiger partial charge in [0.05, 0.1) is 31.0 Å². The molecule has 0 radical (unpaired) electrons. The van der Waals surface area contributed by atoms with Crippen LogP contribution in [-0.2, 0) is 14.3 Å². The molecule has 1 N–H and O–H groups in total. The van der Waals surface area contributed by atoms with Gasteiger partial charge >= 0.3 is 11.9 Å². The topological polar surface area (TPSA) is 106 Å². The van der Waals surface area contributed by atoms with Gasteiger partial charge in [-0.15, -0.1) is 0 Å². The van der Waals surface area contributed by atoms with E-state index in [1.165, 1.54) is 12.0 Å². The van der Waals surface area contributed by atoms with Crippen LogP contribution in [0.4, 0.5) is 5.13 Å². The fourth-order valence-electron chi connectivity index (χ4n) is 4.06. The molecule has 4 rings (SSSR count). The maximum absolute atomic E-state index is 13.3. The molecule has 1 unspecified atom stereocenters. The Morgan fingerprint density at radius 1 is 1.19 bits per heavy atom. The second kappa shape index (κ2) is 10.1. The fourth-order valence-corrected chi connectivity index (χ4v) is 5.27. The molecule has 2 heterocycles. The summed E-state index contributed by atoms with van der Waals surface area (Å²) in [4.78, 5) is 44.6. The maximum atomic E-state index is 13.3. The molecule has 1 aromatic heterocycles. The quantitative estimate of drug-likeness (QED) is 0.203. The lowest BCUT2D eigenvalue weighted by molar-refractivity contribution is -0.132. The molecular formula is C26H23ClN2O6S. The number of ether oxygens (including phenoxy) is 2. The van der Waals surface area contributed by atoms with E-state index in [0.29, 0.717) is 34.2 Å². The van der Waals surface area contributed by atoms with Crippen LogP contribution < -0.4 is 9.64 Å². The van der Waals surface area contributed by atoms with Gasteiger partial charge in [-0.3, -0.25) is 14.5 Å². The van der Waals surface area contributed by atoms with Crippen molar-refractivity contribution in [3.63, 3.8) is 0 Å². The number of ketones is 1. The van der Waals surface area contributed by atoms with Crippen LogP contribution in [0.3, 0.4) is 0 Å². The number of methoxy groups -OCH3 is 1. The van der Waals surface area contributed by atoms with E-state index in [2.05, 4.69) is 4.98 Å². The number of aromatic nitrogens is 1. The van der Waals surface area contributed by atoms with Crippen LogP contribution in [-0.4, -0.2) is 41.5 Å². The van der Waals surface area contributed by atoms with Gasteiger partial charge < -0.3 is 14.6 Å². The molecular weight excluding hydrogens is 504 g/mol. The number of Topliss-reactive ketones (excluding diaryl/α,β-unsaturated/α-hetero) is 1. The Morgan fingerprint density at radius 3 is 2.58 bits per heavy atom. The van der Waals surface area contributed by atoms with Crippen molar-refractivity contribution in [1.82, 2.24) is 4.98 Å². The Morgan fingerprint density at radius 2 is 1.94 bits per heavy atom. The van der Waals surface area contributed by atoms with Crippen molar-refractivity contribution in [2.45, 2.75) is 26.8 Å². The lowest BCUT2D eigenvalue weighted by Crippen LogP contribution is -2.29. The second-order valence-corrected chi connectivity index (χ2v) is 9.45. The lowest BCUT2D eigenvalue weighted by atomic mass is 9.95. The highest BCUT2D eigenvalue weighted by molar-refractivity contribution is 7.17. The molecule has 10 heteroatoms. The lowest BCUT2D eigenvalue weighted by Gasteiger charge is -2.23. The minimum absolute atomic E-state index is 0.113. The van der Waals surface area contributed by atoms with Crippen molar-refractivity contribution in [2.75, 3.05) is 18.6 Å². The van der Waals surface area contributed by atoms with E-state index in [9.17, 15) is 19.5 Å². The number of rotatable bonds is 6. The zero-order valence-electron chi connectivity index (χ0n) is 20.0. The first-order valence-corrected chi connectivity index (χ1v) is 12.2. The number of anilines is 1. The molecule has 1 aliphatic heterocycles. The highest BCUT2D eigenvalue weighted by Crippen LogP contribution is 2.44. The molecule has 1 amide bonds. The van der Waals surface area contributed by atoms with E-state index in [-0.39, 0.29) is 21.3 Å². The van der Waals surface area contributed by atoms with Crippen LogP contribution in [0.15, 0.2) is 48.0 Å². The van der Waals surface area contributed by atoms with E-state index in [0.717, 1.165) is 16.9 Å². The summed E-state index contributed by atoms with van der Waals surface area (Å²) < 4.78 is 10.4. The second-order valence-electron chi connectivity index (χ2n) is 8.04. The number of thiazole rings is 1. The highest BCUT2D eigenvalue weighted by Gasteiger charge is 2.48. The number of hydrogen-bond donors (Lipinski definition) is 1.